The Morgan fingerprint density at radius 3 is 2.85 bits per heavy atom. The first-order chi connectivity index (χ1) is 9.56. The lowest BCUT2D eigenvalue weighted by Crippen LogP contribution is -2.11. The molecule has 6 nitrogen and oxygen atoms in total. The number of nitrogens with zero attached hydrogens (tertiary/aromatic N) is 1. The Morgan fingerprint density at radius 2 is 2.20 bits per heavy atom. The number of halogens is 1. The van der Waals surface area contributed by atoms with Crippen LogP contribution in [0.4, 0.5) is 5.69 Å². The summed E-state index contributed by atoms with van der Waals surface area (Å²) in [7, 11) is 0. The van der Waals surface area contributed by atoms with E-state index in [0.29, 0.717) is 16.3 Å². The van der Waals surface area contributed by atoms with Gasteiger partial charge < -0.3 is 15.3 Å². The summed E-state index contributed by atoms with van der Waals surface area (Å²) in [6, 6.07) is 4.64. The van der Waals surface area contributed by atoms with Gasteiger partial charge in [0.05, 0.1) is 18.5 Å². The van der Waals surface area contributed by atoms with E-state index in [0.717, 1.165) is 18.4 Å². The highest BCUT2D eigenvalue weighted by atomic mass is 35.5. The number of rotatable bonds is 5. The number of amides is 1. The Hall–Kier alpha value is -2.34. The topological polar surface area (TPSA) is 88.0 Å². The average molecular weight is 297 g/mol. The van der Waals surface area contributed by atoms with Gasteiger partial charge in [-0.15, -0.1) is 0 Å². The number of oxime groups is 1. The second-order valence-electron chi connectivity index (χ2n) is 3.55. The molecule has 0 unspecified atom stereocenters. The lowest BCUT2D eigenvalue weighted by Gasteiger charge is -2.06. The van der Waals surface area contributed by atoms with Crippen LogP contribution < -0.4 is 5.32 Å². The summed E-state index contributed by atoms with van der Waals surface area (Å²) in [4.78, 5) is 22.7. The van der Waals surface area contributed by atoms with Gasteiger partial charge in [0.2, 0.25) is 5.91 Å². The number of carbonyl (C=O) groups excluding carboxylic acids is 2. The van der Waals surface area contributed by atoms with Crippen molar-refractivity contribution in [1.82, 2.24) is 0 Å². The van der Waals surface area contributed by atoms with Crippen molar-refractivity contribution in [3.63, 3.8) is 0 Å². The number of hydrogen-bond acceptors (Lipinski definition) is 5. The quantitative estimate of drug-likeness (QED) is 0.287. The summed E-state index contributed by atoms with van der Waals surface area (Å²) in [5.74, 6) is -1.12. The van der Waals surface area contributed by atoms with E-state index < -0.39 is 11.9 Å². The van der Waals surface area contributed by atoms with Crippen LogP contribution in [0.15, 0.2) is 35.5 Å². The molecule has 0 atom stereocenters. The molecule has 1 amide bonds. The largest absolute Gasteiger partial charge is 0.463 e. The maximum Gasteiger partial charge on any atom is 0.330 e. The van der Waals surface area contributed by atoms with Gasteiger partial charge in [0.15, 0.2) is 0 Å². The normalized spacial score (nSPS) is 10.9. The second-order valence-corrected chi connectivity index (χ2v) is 3.99. The molecule has 0 saturated carbocycles. The smallest absolute Gasteiger partial charge is 0.330 e. The second kappa shape index (κ2) is 7.96. The van der Waals surface area contributed by atoms with Crippen molar-refractivity contribution in [2.24, 2.45) is 5.16 Å². The first kappa shape index (κ1) is 15.7. The zero-order chi connectivity index (χ0) is 15.0. The highest BCUT2D eigenvalue weighted by molar-refractivity contribution is 6.31. The maximum absolute atomic E-state index is 11.6. The molecule has 2 N–H and O–H groups in total. The molecule has 0 aliphatic carbocycles. The van der Waals surface area contributed by atoms with Gasteiger partial charge in [0.1, 0.15) is 0 Å². The minimum Gasteiger partial charge on any atom is -0.463 e. The molecule has 0 aliphatic heterocycles. The van der Waals surface area contributed by atoms with Crippen molar-refractivity contribution in [1.29, 1.82) is 0 Å². The fraction of sp³-hybridized carbons (Fsp3) is 0.154. The Balaban J connectivity index is 2.78. The minimum atomic E-state index is -0.601. The van der Waals surface area contributed by atoms with Crippen LogP contribution >= 0.6 is 11.6 Å². The van der Waals surface area contributed by atoms with E-state index in [1.807, 2.05) is 0 Å². The molecular weight excluding hydrogens is 284 g/mol. The summed E-state index contributed by atoms with van der Waals surface area (Å²) in [5, 5.41) is 14.4. The van der Waals surface area contributed by atoms with Gasteiger partial charge in [-0.05, 0) is 25.1 Å². The predicted molar refractivity (Wildman–Crippen MR) is 75.2 cm³/mol. The zero-order valence-corrected chi connectivity index (χ0v) is 11.4. The van der Waals surface area contributed by atoms with Crippen molar-refractivity contribution in [3.05, 3.63) is 40.9 Å². The van der Waals surface area contributed by atoms with Gasteiger partial charge in [-0.3, -0.25) is 4.79 Å². The van der Waals surface area contributed by atoms with E-state index >= 15 is 0 Å². The van der Waals surface area contributed by atoms with Crippen LogP contribution in [0.2, 0.25) is 5.02 Å². The van der Waals surface area contributed by atoms with Crippen molar-refractivity contribution >= 4 is 35.4 Å². The molecule has 1 aromatic carbocycles. The molecule has 20 heavy (non-hydrogen) atoms. The molecule has 0 aliphatic rings. The molecule has 0 radical (unpaired) electrons. The van der Waals surface area contributed by atoms with E-state index in [-0.39, 0.29) is 6.61 Å². The molecule has 0 fully saturated rings. The van der Waals surface area contributed by atoms with Crippen LogP contribution in [0.3, 0.4) is 0 Å². The molecule has 0 aromatic heterocycles. The standard InChI is InChI=1S/C13H13ClN2O4/c1-2-20-13(18)6-5-12(17)16-11-4-3-10(14)7-9(11)8-15-19/h3-8,19H,2H2,1H3,(H,16,17)/b6-5+,15-8+. The number of esters is 1. The van der Waals surface area contributed by atoms with E-state index in [9.17, 15) is 9.59 Å². The summed E-state index contributed by atoms with van der Waals surface area (Å²) < 4.78 is 4.64. The third-order valence-electron chi connectivity index (χ3n) is 2.13. The maximum atomic E-state index is 11.6. The molecule has 106 valence electrons. The van der Waals surface area contributed by atoms with Crippen molar-refractivity contribution in [3.8, 4) is 0 Å². The molecule has 1 rings (SSSR count). The fourth-order valence-electron chi connectivity index (χ4n) is 1.32. The summed E-state index contributed by atoms with van der Waals surface area (Å²) in [6.45, 7) is 1.90. The third-order valence-corrected chi connectivity index (χ3v) is 2.36. The monoisotopic (exact) mass is 296 g/mol. The van der Waals surface area contributed by atoms with E-state index in [2.05, 4.69) is 15.2 Å². The third kappa shape index (κ3) is 5.11. The van der Waals surface area contributed by atoms with Gasteiger partial charge in [-0.2, -0.15) is 0 Å². The first-order valence-corrected chi connectivity index (χ1v) is 6.07. The first-order valence-electron chi connectivity index (χ1n) is 5.69. The number of nitrogens with one attached hydrogen (secondary N) is 1. The van der Waals surface area contributed by atoms with Gasteiger partial charge in [0.25, 0.3) is 0 Å². The Labute approximate surface area is 120 Å². The zero-order valence-electron chi connectivity index (χ0n) is 10.7. The SMILES string of the molecule is CCOC(=O)/C=C/C(=O)Nc1ccc(Cl)cc1/C=N/O. The highest BCUT2D eigenvalue weighted by Gasteiger charge is 2.05. The van der Waals surface area contributed by atoms with Gasteiger partial charge in [0, 0.05) is 22.7 Å². The number of carbonyl (C=O) groups is 2. The highest BCUT2D eigenvalue weighted by Crippen LogP contribution is 2.19. The van der Waals surface area contributed by atoms with Gasteiger partial charge >= 0.3 is 5.97 Å². The summed E-state index contributed by atoms with van der Waals surface area (Å²) in [5.41, 5.74) is 0.823. The predicted octanol–water partition coefficient (Wildman–Crippen LogP) is 2.21. The Morgan fingerprint density at radius 1 is 1.45 bits per heavy atom. The average Bonchev–Trinajstić information content (AvgIpc) is 2.40. The van der Waals surface area contributed by atoms with Crippen LogP contribution in [0, 0.1) is 0 Å². The van der Waals surface area contributed by atoms with Crippen LogP contribution in [0.5, 0.6) is 0 Å². The Bertz CT molecular complexity index is 555. The molecule has 1 aromatic rings. The fourth-order valence-corrected chi connectivity index (χ4v) is 1.51. The van der Waals surface area contributed by atoms with Crippen molar-refractivity contribution < 1.29 is 19.5 Å². The molecular formula is C13H13ClN2O4. The number of hydrogen-bond donors (Lipinski definition) is 2. The van der Waals surface area contributed by atoms with Crippen LogP contribution in [-0.4, -0.2) is 29.9 Å². The molecule has 0 spiro atoms. The number of anilines is 1. The van der Waals surface area contributed by atoms with Crippen LogP contribution in [-0.2, 0) is 14.3 Å². The van der Waals surface area contributed by atoms with Crippen molar-refractivity contribution in [2.45, 2.75) is 6.92 Å². The molecule has 0 heterocycles. The molecule has 7 heteroatoms. The van der Waals surface area contributed by atoms with Gasteiger partial charge in [-0.25, -0.2) is 4.79 Å². The molecule has 0 bridgehead atoms. The summed E-state index contributed by atoms with van der Waals surface area (Å²) >= 11 is 5.80. The summed E-state index contributed by atoms with van der Waals surface area (Å²) in [6.07, 6.45) is 3.21. The van der Waals surface area contributed by atoms with E-state index in [4.69, 9.17) is 16.8 Å². The lowest BCUT2D eigenvalue weighted by atomic mass is 10.2. The Kier molecular flexibility index (Phi) is 6.25. The minimum absolute atomic E-state index is 0.235. The van der Waals surface area contributed by atoms with Crippen molar-refractivity contribution in [2.75, 3.05) is 11.9 Å². The van der Waals surface area contributed by atoms with Gasteiger partial charge in [-0.1, -0.05) is 16.8 Å². The van der Waals surface area contributed by atoms with Crippen LogP contribution in [0.1, 0.15) is 12.5 Å². The number of benzene rings is 1. The molecule has 0 saturated heterocycles. The number of ether oxygens (including phenoxy) is 1. The lowest BCUT2D eigenvalue weighted by molar-refractivity contribution is -0.137. The van der Waals surface area contributed by atoms with Crippen LogP contribution in [0.25, 0.3) is 0 Å². The van der Waals surface area contributed by atoms with E-state index in [1.165, 1.54) is 6.07 Å². The van der Waals surface area contributed by atoms with E-state index in [1.54, 1.807) is 19.1 Å².